The summed E-state index contributed by atoms with van der Waals surface area (Å²) in [5, 5.41) is 10.5. The predicted molar refractivity (Wildman–Crippen MR) is 78.6 cm³/mol. The molecular formula is C17H24O2. The maximum Gasteiger partial charge on any atom is 0.122 e. The summed E-state index contributed by atoms with van der Waals surface area (Å²) < 4.78 is 5.32. The average molecular weight is 260 g/mol. The summed E-state index contributed by atoms with van der Waals surface area (Å²) in [5.74, 6) is 0.894. The summed E-state index contributed by atoms with van der Waals surface area (Å²) in [6.45, 7) is 4.06. The Morgan fingerprint density at radius 2 is 2.00 bits per heavy atom. The minimum atomic E-state index is -0.394. The second-order valence-electron chi connectivity index (χ2n) is 5.51. The lowest BCUT2D eigenvalue weighted by atomic mass is 9.91. The Bertz CT molecular complexity index is 474. The lowest BCUT2D eigenvalue weighted by molar-refractivity contribution is 0.175. The normalized spacial score (nSPS) is 16.9. The van der Waals surface area contributed by atoms with Crippen molar-refractivity contribution in [3.63, 3.8) is 0 Å². The number of allylic oxidation sites excluding steroid dienone is 1. The van der Waals surface area contributed by atoms with E-state index >= 15 is 0 Å². The van der Waals surface area contributed by atoms with Crippen LogP contribution < -0.4 is 4.74 Å². The van der Waals surface area contributed by atoms with E-state index in [2.05, 4.69) is 12.1 Å². The monoisotopic (exact) mass is 260 g/mol. The smallest absolute Gasteiger partial charge is 0.122 e. The van der Waals surface area contributed by atoms with E-state index in [9.17, 15) is 5.11 Å². The minimum absolute atomic E-state index is 0.394. The number of hydrogen-bond acceptors (Lipinski definition) is 2. The summed E-state index contributed by atoms with van der Waals surface area (Å²) in [4.78, 5) is 0. The molecule has 1 aliphatic carbocycles. The molecule has 0 amide bonds. The largest absolute Gasteiger partial charge is 0.496 e. The Balaban J connectivity index is 2.16. The van der Waals surface area contributed by atoms with Crippen molar-refractivity contribution in [3.8, 4) is 5.75 Å². The third-order valence-corrected chi connectivity index (χ3v) is 3.98. The standard InChI is InChI=1S/C17H24O2/c1-12-10-17(19-3)13(2)9-15(12)16(18)11-14-7-5-4-6-8-14/h7,9-10,16,18H,4-6,8,11H2,1-3H3. The molecule has 0 spiro atoms. The zero-order chi connectivity index (χ0) is 13.8. The van der Waals surface area contributed by atoms with E-state index in [1.165, 1.54) is 24.8 Å². The lowest BCUT2D eigenvalue weighted by Gasteiger charge is -2.19. The Hall–Kier alpha value is -1.28. The van der Waals surface area contributed by atoms with E-state index in [4.69, 9.17) is 4.74 Å². The van der Waals surface area contributed by atoms with Crippen LogP contribution in [0.1, 0.15) is 54.9 Å². The van der Waals surface area contributed by atoms with Crippen LogP contribution in [0.4, 0.5) is 0 Å². The minimum Gasteiger partial charge on any atom is -0.496 e. The molecule has 1 aromatic rings. The number of rotatable bonds is 4. The molecule has 0 aliphatic heterocycles. The van der Waals surface area contributed by atoms with Gasteiger partial charge in [0.2, 0.25) is 0 Å². The zero-order valence-corrected chi connectivity index (χ0v) is 12.2. The number of ether oxygens (including phenoxy) is 1. The van der Waals surface area contributed by atoms with Crippen molar-refractivity contribution in [2.75, 3.05) is 7.11 Å². The number of methoxy groups -OCH3 is 1. The molecule has 2 heteroatoms. The highest BCUT2D eigenvalue weighted by molar-refractivity contribution is 5.42. The molecule has 19 heavy (non-hydrogen) atoms. The Morgan fingerprint density at radius 1 is 1.21 bits per heavy atom. The molecule has 1 atom stereocenters. The van der Waals surface area contributed by atoms with Crippen LogP contribution in [-0.4, -0.2) is 12.2 Å². The topological polar surface area (TPSA) is 29.5 Å². The fraction of sp³-hybridized carbons (Fsp3) is 0.529. The van der Waals surface area contributed by atoms with Gasteiger partial charge >= 0.3 is 0 Å². The van der Waals surface area contributed by atoms with Gasteiger partial charge in [-0.25, -0.2) is 0 Å². The second-order valence-corrected chi connectivity index (χ2v) is 5.51. The van der Waals surface area contributed by atoms with E-state index in [-0.39, 0.29) is 0 Å². The molecule has 0 heterocycles. The lowest BCUT2D eigenvalue weighted by Crippen LogP contribution is -2.05. The third kappa shape index (κ3) is 3.38. The molecule has 1 aromatic carbocycles. The SMILES string of the molecule is COc1cc(C)c(C(O)CC2=CCCCC2)cc1C. The molecule has 0 fully saturated rings. The van der Waals surface area contributed by atoms with Gasteiger partial charge in [-0.05, 0) is 74.8 Å². The first kappa shape index (κ1) is 14.1. The number of benzene rings is 1. The van der Waals surface area contributed by atoms with Gasteiger partial charge in [0.1, 0.15) is 5.75 Å². The molecular weight excluding hydrogens is 236 g/mol. The van der Waals surface area contributed by atoms with Gasteiger partial charge in [0.05, 0.1) is 13.2 Å². The molecule has 0 aromatic heterocycles. The van der Waals surface area contributed by atoms with Gasteiger partial charge in [-0.3, -0.25) is 0 Å². The van der Waals surface area contributed by atoms with Crippen LogP contribution in [0.5, 0.6) is 5.75 Å². The maximum absolute atomic E-state index is 10.5. The number of hydrogen-bond donors (Lipinski definition) is 1. The molecule has 1 N–H and O–H groups in total. The molecule has 0 saturated carbocycles. The molecule has 1 unspecified atom stereocenters. The molecule has 1 aliphatic rings. The predicted octanol–water partition coefficient (Wildman–Crippen LogP) is 4.24. The average Bonchev–Trinajstić information content (AvgIpc) is 2.42. The van der Waals surface area contributed by atoms with Crippen LogP contribution in [0.15, 0.2) is 23.8 Å². The molecule has 2 rings (SSSR count). The first-order valence-corrected chi connectivity index (χ1v) is 7.13. The number of aliphatic hydroxyl groups excluding tert-OH is 1. The summed E-state index contributed by atoms with van der Waals surface area (Å²) in [6, 6.07) is 4.07. The highest BCUT2D eigenvalue weighted by atomic mass is 16.5. The van der Waals surface area contributed by atoms with Crippen LogP contribution in [0.25, 0.3) is 0 Å². The van der Waals surface area contributed by atoms with Crippen molar-refractivity contribution in [1.82, 2.24) is 0 Å². The van der Waals surface area contributed by atoms with E-state index in [1.54, 1.807) is 7.11 Å². The Labute approximate surface area is 116 Å². The zero-order valence-electron chi connectivity index (χ0n) is 12.2. The van der Waals surface area contributed by atoms with Gasteiger partial charge in [-0.2, -0.15) is 0 Å². The van der Waals surface area contributed by atoms with Crippen LogP contribution in [-0.2, 0) is 0 Å². The third-order valence-electron chi connectivity index (χ3n) is 3.98. The highest BCUT2D eigenvalue weighted by Gasteiger charge is 2.15. The van der Waals surface area contributed by atoms with Crippen molar-refractivity contribution < 1.29 is 9.84 Å². The van der Waals surface area contributed by atoms with Crippen molar-refractivity contribution in [2.24, 2.45) is 0 Å². The van der Waals surface area contributed by atoms with Gasteiger partial charge in [-0.15, -0.1) is 0 Å². The van der Waals surface area contributed by atoms with Gasteiger partial charge in [0.15, 0.2) is 0 Å². The molecule has 104 valence electrons. The highest BCUT2D eigenvalue weighted by Crippen LogP contribution is 2.32. The summed E-state index contributed by atoms with van der Waals surface area (Å²) >= 11 is 0. The summed E-state index contributed by atoms with van der Waals surface area (Å²) in [6.07, 6.45) is 7.55. The van der Waals surface area contributed by atoms with Gasteiger partial charge in [0, 0.05) is 0 Å². The van der Waals surface area contributed by atoms with Gasteiger partial charge < -0.3 is 9.84 Å². The second kappa shape index (κ2) is 6.25. The van der Waals surface area contributed by atoms with Crippen LogP contribution >= 0.6 is 0 Å². The molecule has 0 saturated heterocycles. The van der Waals surface area contributed by atoms with Gasteiger partial charge in [-0.1, -0.05) is 11.6 Å². The fourth-order valence-electron chi connectivity index (χ4n) is 2.84. The van der Waals surface area contributed by atoms with Crippen molar-refractivity contribution in [2.45, 2.75) is 52.1 Å². The molecule has 0 bridgehead atoms. The number of aliphatic hydroxyl groups is 1. The van der Waals surface area contributed by atoms with E-state index in [0.29, 0.717) is 0 Å². The van der Waals surface area contributed by atoms with Gasteiger partial charge in [0.25, 0.3) is 0 Å². The van der Waals surface area contributed by atoms with E-state index in [0.717, 1.165) is 35.3 Å². The summed E-state index contributed by atoms with van der Waals surface area (Å²) in [7, 11) is 1.69. The van der Waals surface area contributed by atoms with Crippen LogP contribution in [0.3, 0.4) is 0 Å². The Morgan fingerprint density at radius 3 is 2.63 bits per heavy atom. The quantitative estimate of drug-likeness (QED) is 0.821. The van der Waals surface area contributed by atoms with E-state index < -0.39 is 6.10 Å². The first-order chi connectivity index (χ1) is 9.11. The van der Waals surface area contributed by atoms with E-state index in [1.807, 2.05) is 19.9 Å². The maximum atomic E-state index is 10.5. The van der Waals surface area contributed by atoms with Crippen LogP contribution in [0.2, 0.25) is 0 Å². The summed E-state index contributed by atoms with van der Waals surface area (Å²) in [5.41, 5.74) is 4.63. The molecule has 2 nitrogen and oxygen atoms in total. The fourth-order valence-corrected chi connectivity index (χ4v) is 2.84. The first-order valence-electron chi connectivity index (χ1n) is 7.13. The van der Waals surface area contributed by atoms with Crippen LogP contribution in [0, 0.1) is 13.8 Å². The Kier molecular flexibility index (Phi) is 4.65. The van der Waals surface area contributed by atoms with Crippen molar-refractivity contribution >= 4 is 0 Å². The molecule has 0 radical (unpaired) electrons. The van der Waals surface area contributed by atoms with Crippen molar-refractivity contribution in [1.29, 1.82) is 0 Å². The number of aryl methyl sites for hydroxylation is 2. The van der Waals surface area contributed by atoms with Crippen molar-refractivity contribution in [3.05, 3.63) is 40.5 Å².